The summed E-state index contributed by atoms with van der Waals surface area (Å²) in [6.45, 7) is 4.17. The molecule has 0 radical (unpaired) electrons. The molecular weight excluding hydrogens is 364 g/mol. The number of benzene rings is 1. The van der Waals surface area contributed by atoms with Gasteiger partial charge in [-0.25, -0.2) is 18.1 Å². The predicted octanol–water partition coefficient (Wildman–Crippen LogP) is 1.84. The number of nitrogens with zero attached hydrogens (tertiary/aromatic N) is 2. The molecule has 1 fully saturated rings. The van der Waals surface area contributed by atoms with Crippen LogP contribution < -0.4 is 4.72 Å². The highest BCUT2D eigenvalue weighted by atomic mass is 32.2. The Morgan fingerprint density at radius 1 is 1.11 bits per heavy atom. The van der Waals surface area contributed by atoms with E-state index in [0.717, 1.165) is 35.2 Å². The Morgan fingerprint density at radius 3 is 2.67 bits per heavy atom. The molecular formula is C19H22N4O3S. The molecule has 2 N–H and O–H groups in total. The molecule has 1 saturated heterocycles. The van der Waals surface area contributed by atoms with Crippen molar-refractivity contribution in [3.05, 3.63) is 48.8 Å². The standard InChI is InChI=1S/C19H22N4O3S/c24-27(25,22-9-10-23-11-13-26-14-12-23)16-3-1-15(2-4-16)17-5-7-20-19-18(17)6-8-21-19/h1-8,22H,9-14H2,(H,20,21). The second-order valence-electron chi connectivity index (χ2n) is 6.47. The van der Waals surface area contributed by atoms with Crippen LogP contribution in [0.5, 0.6) is 0 Å². The van der Waals surface area contributed by atoms with E-state index in [9.17, 15) is 8.42 Å². The van der Waals surface area contributed by atoms with Crippen LogP contribution in [-0.4, -0.2) is 62.7 Å². The highest BCUT2D eigenvalue weighted by molar-refractivity contribution is 7.89. The Morgan fingerprint density at radius 2 is 1.89 bits per heavy atom. The molecule has 0 unspecified atom stereocenters. The summed E-state index contributed by atoms with van der Waals surface area (Å²) in [4.78, 5) is 9.84. The zero-order valence-corrected chi connectivity index (χ0v) is 15.7. The zero-order valence-electron chi connectivity index (χ0n) is 14.9. The molecule has 3 aromatic rings. The maximum atomic E-state index is 12.5. The van der Waals surface area contributed by atoms with Crippen LogP contribution >= 0.6 is 0 Å². The zero-order chi connectivity index (χ0) is 18.7. The summed E-state index contributed by atoms with van der Waals surface area (Å²) < 4.78 is 33.0. The fourth-order valence-electron chi connectivity index (χ4n) is 3.27. The number of rotatable bonds is 6. The number of nitrogens with one attached hydrogen (secondary N) is 2. The van der Waals surface area contributed by atoms with E-state index in [1.54, 1.807) is 18.3 Å². The van der Waals surface area contributed by atoms with Crippen molar-refractivity contribution in [1.29, 1.82) is 0 Å². The number of morpholine rings is 1. The summed E-state index contributed by atoms with van der Waals surface area (Å²) in [5.41, 5.74) is 2.79. The van der Waals surface area contributed by atoms with E-state index in [4.69, 9.17) is 4.74 Å². The van der Waals surface area contributed by atoms with Gasteiger partial charge in [0, 0.05) is 44.0 Å². The van der Waals surface area contributed by atoms with Gasteiger partial charge in [0.15, 0.2) is 0 Å². The molecule has 1 aromatic carbocycles. The summed E-state index contributed by atoms with van der Waals surface area (Å²) in [7, 11) is -3.52. The summed E-state index contributed by atoms with van der Waals surface area (Å²) in [5, 5.41) is 1.01. The van der Waals surface area contributed by atoms with E-state index in [1.165, 1.54) is 0 Å². The number of hydrogen-bond acceptors (Lipinski definition) is 5. The third kappa shape index (κ3) is 4.03. The Kier molecular flexibility index (Phi) is 5.22. The molecule has 0 atom stereocenters. The lowest BCUT2D eigenvalue weighted by Crippen LogP contribution is -2.41. The monoisotopic (exact) mass is 386 g/mol. The molecule has 0 spiro atoms. The van der Waals surface area contributed by atoms with Gasteiger partial charge in [0.25, 0.3) is 0 Å². The van der Waals surface area contributed by atoms with Gasteiger partial charge in [-0.3, -0.25) is 4.90 Å². The van der Waals surface area contributed by atoms with E-state index in [-0.39, 0.29) is 4.90 Å². The van der Waals surface area contributed by atoms with Crippen molar-refractivity contribution in [2.75, 3.05) is 39.4 Å². The van der Waals surface area contributed by atoms with E-state index in [1.807, 2.05) is 30.5 Å². The van der Waals surface area contributed by atoms with Gasteiger partial charge in [-0.2, -0.15) is 0 Å². The van der Waals surface area contributed by atoms with Gasteiger partial charge in [0.2, 0.25) is 10.0 Å². The topological polar surface area (TPSA) is 87.3 Å². The van der Waals surface area contributed by atoms with Crippen LogP contribution in [0.3, 0.4) is 0 Å². The SMILES string of the molecule is O=S(=O)(NCCN1CCOCC1)c1ccc(-c2ccnc3[nH]ccc23)cc1. The Bertz CT molecular complexity index is 1010. The summed E-state index contributed by atoms with van der Waals surface area (Å²) in [5.74, 6) is 0. The van der Waals surface area contributed by atoms with Crippen LogP contribution in [0.1, 0.15) is 0 Å². The Balaban J connectivity index is 1.45. The van der Waals surface area contributed by atoms with E-state index in [0.29, 0.717) is 26.3 Å². The first-order chi connectivity index (χ1) is 13.1. The average molecular weight is 386 g/mol. The quantitative estimate of drug-likeness (QED) is 0.675. The molecule has 4 rings (SSSR count). The number of ether oxygens (including phenoxy) is 1. The minimum absolute atomic E-state index is 0.271. The van der Waals surface area contributed by atoms with Crippen LogP contribution in [-0.2, 0) is 14.8 Å². The number of H-pyrrole nitrogens is 1. The second kappa shape index (κ2) is 7.77. The van der Waals surface area contributed by atoms with Crippen molar-refractivity contribution >= 4 is 21.1 Å². The first kappa shape index (κ1) is 18.1. The molecule has 0 amide bonds. The average Bonchev–Trinajstić information content (AvgIpc) is 3.18. The highest BCUT2D eigenvalue weighted by Crippen LogP contribution is 2.27. The van der Waals surface area contributed by atoms with Gasteiger partial charge in [0.1, 0.15) is 5.65 Å². The lowest BCUT2D eigenvalue weighted by atomic mass is 10.0. The van der Waals surface area contributed by atoms with Gasteiger partial charge in [-0.05, 0) is 35.4 Å². The van der Waals surface area contributed by atoms with Crippen molar-refractivity contribution < 1.29 is 13.2 Å². The van der Waals surface area contributed by atoms with Crippen LogP contribution in [0.2, 0.25) is 0 Å². The third-order valence-electron chi connectivity index (χ3n) is 4.76. The first-order valence-corrected chi connectivity index (χ1v) is 10.4. The Hall–Kier alpha value is -2.26. The lowest BCUT2D eigenvalue weighted by Gasteiger charge is -2.26. The van der Waals surface area contributed by atoms with Crippen molar-refractivity contribution in [2.45, 2.75) is 4.90 Å². The minimum atomic E-state index is -3.52. The predicted molar refractivity (Wildman–Crippen MR) is 104 cm³/mol. The molecule has 0 aliphatic carbocycles. The van der Waals surface area contributed by atoms with Gasteiger partial charge in [-0.1, -0.05) is 12.1 Å². The normalized spacial score (nSPS) is 16.0. The highest BCUT2D eigenvalue weighted by Gasteiger charge is 2.16. The minimum Gasteiger partial charge on any atom is -0.379 e. The van der Waals surface area contributed by atoms with Gasteiger partial charge < -0.3 is 9.72 Å². The molecule has 142 valence electrons. The fraction of sp³-hybridized carbons (Fsp3) is 0.316. The molecule has 2 aromatic heterocycles. The van der Waals surface area contributed by atoms with Crippen LogP contribution in [0, 0.1) is 0 Å². The fourth-order valence-corrected chi connectivity index (χ4v) is 4.29. The largest absolute Gasteiger partial charge is 0.379 e. The van der Waals surface area contributed by atoms with Gasteiger partial charge in [-0.15, -0.1) is 0 Å². The van der Waals surface area contributed by atoms with E-state index in [2.05, 4.69) is 19.6 Å². The number of aromatic amines is 1. The van der Waals surface area contributed by atoms with Crippen molar-refractivity contribution in [3.63, 3.8) is 0 Å². The van der Waals surface area contributed by atoms with Crippen LogP contribution in [0.4, 0.5) is 0 Å². The van der Waals surface area contributed by atoms with E-state index >= 15 is 0 Å². The van der Waals surface area contributed by atoms with Crippen LogP contribution in [0.15, 0.2) is 53.7 Å². The van der Waals surface area contributed by atoms with Crippen molar-refractivity contribution in [3.8, 4) is 11.1 Å². The number of pyridine rings is 1. The lowest BCUT2D eigenvalue weighted by molar-refractivity contribution is 0.0390. The van der Waals surface area contributed by atoms with Gasteiger partial charge >= 0.3 is 0 Å². The molecule has 0 saturated carbocycles. The number of fused-ring (bicyclic) bond motifs is 1. The molecule has 0 bridgehead atoms. The molecule has 3 heterocycles. The van der Waals surface area contributed by atoms with Crippen molar-refractivity contribution in [2.24, 2.45) is 0 Å². The van der Waals surface area contributed by atoms with Gasteiger partial charge in [0.05, 0.1) is 18.1 Å². The Labute approximate surface area is 158 Å². The summed E-state index contributed by atoms with van der Waals surface area (Å²) >= 11 is 0. The first-order valence-electron chi connectivity index (χ1n) is 8.96. The summed E-state index contributed by atoms with van der Waals surface area (Å²) in [6.07, 6.45) is 3.59. The second-order valence-corrected chi connectivity index (χ2v) is 8.24. The maximum absolute atomic E-state index is 12.5. The van der Waals surface area contributed by atoms with Crippen LogP contribution in [0.25, 0.3) is 22.2 Å². The molecule has 27 heavy (non-hydrogen) atoms. The van der Waals surface area contributed by atoms with E-state index < -0.39 is 10.0 Å². The molecule has 8 heteroatoms. The molecule has 1 aliphatic rings. The number of hydrogen-bond donors (Lipinski definition) is 2. The van der Waals surface area contributed by atoms with Crippen molar-refractivity contribution in [1.82, 2.24) is 19.6 Å². The number of aromatic nitrogens is 2. The number of sulfonamides is 1. The maximum Gasteiger partial charge on any atom is 0.240 e. The third-order valence-corrected chi connectivity index (χ3v) is 6.24. The smallest absolute Gasteiger partial charge is 0.240 e. The summed E-state index contributed by atoms with van der Waals surface area (Å²) in [6, 6.07) is 10.9. The molecule has 1 aliphatic heterocycles. The molecule has 7 nitrogen and oxygen atoms in total.